The van der Waals surface area contributed by atoms with Crippen molar-refractivity contribution in [3.8, 4) is 0 Å². The Labute approximate surface area is 120 Å². The van der Waals surface area contributed by atoms with Gasteiger partial charge in [-0.1, -0.05) is 0 Å². The SMILES string of the molecule is Cl.c1c(C2CC2)nc2c(c1N1CCNCC1)CCN2. The van der Waals surface area contributed by atoms with Gasteiger partial charge in [-0.05, 0) is 25.3 Å². The molecule has 4 nitrogen and oxygen atoms in total. The van der Waals surface area contributed by atoms with Gasteiger partial charge in [-0.15, -0.1) is 12.4 Å². The lowest BCUT2D eigenvalue weighted by Crippen LogP contribution is -2.43. The van der Waals surface area contributed by atoms with Crippen LogP contribution in [0.2, 0.25) is 0 Å². The zero-order valence-corrected chi connectivity index (χ0v) is 11.9. The van der Waals surface area contributed by atoms with Gasteiger partial charge in [0.1, 0.15) is 5.82 Å². The first-order chi connectivity index (χ1) is 8.92. The zero-order chi connectivity index (χ0) is 11.9. The summed E-state index contributed by atoms with van der Waals surface area (Å²) in [6, 6.07) is 2.37. The van der Waals surface area contributed by atoms with Gasteiger partial charge in [-0.3, -0.25) is 0 Å². The normalized spacial score (nSPS) is 21.6. The Hall–Kier alpha value is -1.00. The topological polar surface area (TPSA) is 40.2 Å². The van der Waals surface area contributed by atoms with E-state index in [0.717, 1.165) is 50.9 Å². The Morgan fingerprint density at radius 2 is 1.95 bits per heavy atom. The van der Waals surface area contributed by atoms with Crippen molar-refractivity contribution < 1.29 is 0 Å². The summed E-state index contributed by atoms with van der Waals surface area (Å²) in [7, 11) is 0. The maximum absolute atomic E-state index is 4.82. The maximum atomic E-state index is 4.82. The van der Waals surface area contributed by atoms with Crippen LogP contribution in [0.25, 0.3) is 0 Å². The Bertz CT molecular complexity index is 467. The summed E-state index contributed by atoms with van der Waals surface area (Å²) in [4.78, 5) is 7.35. The van der Waals surface area contributed by atoms with Crippen molar-refractivity contribution in [3.63, 3.8) is 0 Å². The third-order valence-electron chi connectivity index (χ3n) is 4.24. The van der Waals surface area contributed by atoms with Gasteiger partial charge < -0.3 is 15.5 Å². The molecular weight excluding hydrogens is 260 g/mol. The van der Waals surface area contributed by atoms with Crippen LogP contribution in [-0.4, -0.2) is 37.7 Å². The van der Waals surface area contributed by atoms with Gasteiger partial charge in [0.2, 0.25) is 0 Å². The molecule has 5 heteroatoms. The van der Waals surface area contributed by atoms with Crippen LogP contribution < -0.4 is 15.5 Å². The molecule has 1 saturated heterocycles. The number of halogens is 1. The van der Waals surface area contributed by atoms with E-state index in [1.54, 1.807) is 0 Å². The van der Waals surface area contributed by atoms with Gasteiger partial charge in [-0.2, -0.15) is 0 Å². The summed E-state index contributed by atoms with van der Waals surface area (Å²) in [5.74, 6) is 1.90. The van der Waals surface area contributed by atoms with Gasteiger partial charge >= 0.3 is 0 Å². The molecule has 4 rings (SSSR count). The number of rotatable bonds is 2. The Balaban J connectivity index is 0.00000110. The van der Waals surface area contributed by atoms with E-state index < -0.39 is 0 Å². The number of nitrogens with one attached hydrogen (secondary N) is 2. The van der Waals surface area contributed by atoms with Crippen LogP contribution in [0.3, 0.4) is 0 Å². The second-order valence-corrected chi connectivity index (χ2v) is 5.58. The van der Waals surface area contributed by atoms with Crippen molar-refractivity contribution in [1.82, 2.24) is 10.3 Å². The van der Waals surface area contributed by atoms with Gasteiger partial charge in [0.15, 0.2) is 0 Å². The smallest absolute Gasteiger partial charge is 0.131 e. The number of aromatic nitrogens is 1. The molecule has 1 aromatic rings. The van der Waals surface area contributed by atoms with E-state index in [0.29, 0.717) is 0 Å². The Morgan fingerprint density at radius 1 is 1.16 bits per heavy atom. The highest BCUT2D eigenvalue weighted by atomic mass is 35.5. The molecule has 3 aliphatic rings. The molecule has 1 aliphatic carbocycles. The standard InChI is InChI=1S/C14H20N4.ClH/c1-2-10(1)12-9-13(18-7-5-15-6-8-18)11-3-4-16-14(11)17-12;/h9-10,15H,1-8H2,(H,16,17);1H. The molecule has 0 atom stereocenters. The average Bonchev–Trinajstić information content (AvgIpc) is 3.17. The highest BCUT2D eigenvalue weighted by Gasteiger charge is 2.29. The van der Waals surface area contributed by atoms with E-state index in [-0.39, 0.29) is 12.4 Å². The lowest BCUT2D eigenvalue weighted by molar-refractivity contribution is 0.588. The summed E-state index contributed by atoms with van der Waals surface area (Å²) in [6.07, 6.45) is 3.78. The molecule has 0 amide bonds. The van der Waals surface area contributed by atoms with Crippen LogP contribution in [0.1, 0.15) is 30.0 Å². The quantitative estimate of drug-likeness (QED) is 0.866. The Kier molecular flexibility index (Phi) is 3.54. The third-order valence-corrected chi connectivity index (χ3v) is 4.24. The van der Waals surface area contributed by atoms with Crippen molar-refractivity contribution >= 4 is 23.9 Å². The number of nitrogens with zero attached hydrogens (tertiary/aromatic N) is 2. The van der Waals surface area contributed by atoms with Crippen molar-refractivity contribution in [2.24, 2.45) is 0 Å². The van der Waals surface area contributed by atoms with Crippen molar-refractivity contribution in [2.45, 2.75) is 25.2 Å². The highest BCUT2D eigenvalue weighted by molar-refractivity contribution is 5.85. The summed E-state index contributed by atoms with van der Waals surface area (Å²) < 4.78 is 0. The molecule has 2 fully saturated rings. The van der Waals surface area contributed by atoms with Crippen LogP contribution in [-0.2, 0) is 6.42 Å². The summed E-state index contributed by atoms with van der Waals surface area (Å²) in [5.41, 5.74) is 4.21. The second-order valence-electron chi connectivity index (χ2n) is 5.58. The summed E-state index contributed by atoms with van der Waals surface area (Å²) >= 11 is 0. The van der Waals surface area contributed by atoms with Crippen molar-refractivity contribution in [1.29, 1.82) is 0 Å². The van der Waals surface area contributed by atoms with E-state index in [9.17, 15) is 0 Å². The molecule has 1 aromatic heterocycles. The molecular formula is C14H21ClN4. The molecule has 2 aliphatic heterocycles. The summed E-state index contributed by atoms with van der Waals surface area (Å²) in [5, 5.41) is 6.88. The maximum Gasteiger partial charge on any atom is 0.131 e. The number of pyridine rings is 1. The predicted octanol–water partition coefficient (Wildman–Crippen LogP) is 1.76. The van der Waals surface area contributed by atoms with Gasteiger partial charge in [-0.25, -0.2) is 4.98 Å². The van der Waals surface area contributed by atoms with Crippen molar-refractivity contribution in [3.05, 3.63) is 17.3 Å². The molecule has 104 valence electrons. The largest absolute Gasteiger partial charge is 0.369 e. The number of piperazine rings is 1. The van der Waals surface area contributed by atoms with Gasteiger partial charge in [0.25, 0.3) is 0 Å². The van der Waals surface area contributed by atoms with E-state index in [4.69, 9.17) is 4.98 Å². The minimum absolute atomic E-state index is 0. The average molecular weight is 281 g/mol. The van der Waals surface area contributed by atoms with Crippen LogP contribution >= 0.6 is 12.4 Å². The van der Waals surface area contributed by atoms with E-state index >= 15 is 0 Å². The van der Waals surface area contributed by atoms with E-state index in [2.05, 4.69) is 21.6 Å². The van der Waals surface area contributed by atoms with E-state index in [1.807, 2.05) is 0 Å². The van der Waals surface area contributed by atoms with Gasteiger partial charge in [0, 0.05) is 55.6 Å². The zero-order valence-electron chi connectivity index (χ0n) is 11.1. The van der Waals surface area contributed by atoms with Gasteiger partial charge in [0.05, 0.1) is 0 Å². The molecule has 3 heterocycles. The fraction of sp³-hybridized carbons (Fsp3) is 0.643. The fourth-order valence-corrected chi connectivity index (χ4v) is 3.05. The molecule has 0 spiro atoms. The number of hydrogen-bond donors (Lipinski definition) is 2. The van der Waals surface area contributed by atoms with Crippen molar-refractivity contribution in [2.75, 3.05) is 42.9 Å². The molecule has 19 heavy (non-hydrogen) atoms. The number of anilines is 2. The van der Waals surface area contributed by atoms with Crippen LogP contribution in [0.4, 0.5) is 11.5 Å². The minimum atomic E-state index is 0. The molecule has 2 N–H and O–H groups in total. The molecule has 0 unspecified atom stereocenters. The molecule has 0 bridgehead atoms. The Morgan fingerprint density at radius 3 is 2.68 bits per heavy atom. The first-order valence-corrected chi connectivity index (χ1v) is 7.15. The minimum Gasteiger partial charge on any atom is -0.369 e. The van der Waals surface area contributed by atoms with Crippen LogP contribution in [0.5, 0.6) is 0 Å². The lowest BCUT2D eigenvalue weighted by atomic mass is 10.1. The number of fused-ring (bicyclic) bond motifs is 1. The third kappa shape index (κ3) is 2.39. The van der Waals surface area contributed by atoms with Crippen LogP contribution in [0.15, 0.2) is 6.07 Å². The first-order valence-electron chi connectivity index (χ1n) is 7.15. The number of hydrogen-bond acceptors (Lipinski definition) is 4. The first kappa shape index (κ1) is 13.0. The van der Waals surface area contributed by atoms with E-state index in [1.165, 1.54) is 29.8 Å². The fourth-order valence-electron chi connectivity index (χ4n) is 3.05. The second kappa shape index (κ2) is 5.17. The predicted molar refractivity (Wildman–Crippen MR) is 80.7 cm³/mol. The lowest BCUT2D eigenvalue weighted by Gasteiger charge is -2.31. The monoisotopic (exact) mass is 280 g/mol. The highest BCUT2D eigenvalue weighted by Crippen LogP contribution is 2.42. The van der Waals surface area contributed by atoms with Crippen LogP contribution in [0, 0.1) is 0 Å². The molecule has 0 aromatic carbocycles. The summed E-state index contributed by atoms with van der Waals surface area (Å²) in [6.45, 7) is 5.50. The molecule has 0 radical (unpaired) electrons. The molecule has 1 saturated carbocycles.